The molecular formula is C14H14ClF2N3O3. The molecule has 124 valence electrons. The van der Waals surface area contributed by atoms with Crippen LogP contribution < -0.4 is 14.8 Å². The number of rotatable bonds is 6. The smallest absolute Gasteiger partial charge is 0.387 e. The van der Waals surface area contributed by atoms with Crippen LogP contribution in [-0.2, 0) is 4.79 Å². The number of benzene rings is 1. The topological polar surface area (TPSA) is 65.4 Å². The summed E-state index contributed by atoms with van der Waals surface area (Å²) in [6.07, 6.45) is 2.94. The Kier molecular flexibility index (Phi) is 5.38. The molecule has 1 aromatic heterocycles. The SMILES string of the molecule is COc1cc(NC(=O)C(C)n2cc(Cl)cn2)ccc1OC(F)F. The van der Waals surface area contributed by atoms with Gasteiger partial charge in [-0.05, 0) is 19.1 Å². The van der Waals surface area contributed by atoms with Gasteiger partial charge in [0.25, 0.3) is 0 Å². The largest absolute Gasteiger partial charge is 0.493 e. The summed E-state index contributed by atoms with van der Waals surface area (Å²) in [6, 6.07) is 3.50. The summed E-state index contributed by atoms with van der Waals surface area (Å²) >= 11 is 5.76. The number of aromatic nitrogens is 2. The Morgan fingerprint density at radius 2 is 2.13 bits per heavy atom. The zero-order valence-electron chi connectivity index (χ0n) is 12.3. The van der Waals surface area contributed by atoms with Crippen molar-refractivity contribution in [2.45, 2.75) is 19.6 Å². The van der Waals surface area contributed by atoms with Gasteiger partial charge in [0.15, 0.2) is 11.5 Å². The first kappa shape index (κ1) is 17.0. The third-order valence-electron chi connectivity index (χ3n) is 2.99. The van der Waals surface area contributed by atoms with E-state index in [9.17, 15) is 13.6 Å². The van der Waals surface area contributed by atoms with Crippen LogP contribution in [0.3, 0.4) is 0 Å². The van der Waals surface area contributed by atoms with Crippen molar-refractivity contribution < 1.29 is 23.0 Å². The molecule has 0 spiro atoms. The standard InChI is InChI=1S/C14H14ClF2N3O3/c1-8(20-7-9(15)6-18-20)13(21)19-10-3-4-11(23-14(16)17)12(5-10)22-2/h3-8,14H,1-2H3,(H,19,21). The number of hydrogen-bond donors (Lipinski definition) is 1. The molecule has 0 aliphatic rings. The monoisotopic (exact) mass is 345 g/mol. The number of nitrogens with zero attached hydrogens (tertiary/aromatic N) is 2. The molecule has 1 unspecified atom stereocenters. The zero-order valence-corrected chi connectivity index (χ0v) is 13.1. The van der Waals surface area contributed by atoms with Crippen LogP contribution in [0, 0.1) is 0 Å². The molecule has 1 heterocycles. The van der Waals surface area contributed by atoms with E-state index in [1.165, 1.54) is 42.4 Å². The lowest BCUT2D eigenvalue weighted by Gasteiger charge is -2.15. The molecule has 0 fully saturated rings. The highest BCUT2D eigenvalue weighted by molar-refractivity contribution is 6.30. The van der Waals surface area contributed by atoms with Crippen LogP contribution in [0.25, 0.3) is 0 Å². The van der Waals surface area contributed by atoms with Crippen LogP contribution in [0.2, 0.25) is 5.02 Å². The van der Waals surface area contributed by atoms with Crippen molar-refractivity contribution in [2.75, 3.05) is 12.4 Å². The number of alkyl halides is 2. The lowest BCUT2D eigenvalue weighted by molar-refractivity contribution is -0.119. The van der Waals surface area contributed by atoms with Crippen molar-refractivity contribution in [3.8, 4) is 11.5 Å². The molecule has 0 saturated heterocycles. The normalized spacial score (nSPS) is 12.1. The maximum absolute atomic E-state index is 12.3. The predicted octanol–water partition coefficient (Wildman–Crippen LogP) is 3.35. The minimum absolute atomic E-state index is 0.0814. The predicted molar refractivity (Wildman–Crippen MR) is 80.2 cm³/mol. The highest BCUT2D eigenvalue weighted by atomic mass is 35.5. The number of methoxy groups -OCH3 is 1. The van der Waals surface area contributed by atoms with E-state index in [1.54, 1.807) is 6.92 Å². The number of carbonyl (C=O) groups excluding carboxylic acids is 1. The molecule has 1 N–H and O–H groups in total. The van der Waals surface area contributed by atoms with Gasteiger partial charge in [-0.25, -0.2) is 0 Å². The molecular weight excluding hydrogens is 332 g/mol. The summed E-state index contributed by atoms with van der Waals surface area (Å²) in [4.78, 5) is 12.2. The molecule has 2 aromatic rings. The van der Waals surface area contributed by atoms with Crippen molar-refractivity contribution in [1.29, 1.82) is 0 Å². The third kappa shape index (κ3) is 4.32. The van der Waals surface area contributed by atoms with Gasteiger partial charge in [-0.1, -0.05) is 11.6 Å². The summed E-state index contributed by atoms with van der Waals surface area (Å²) in [5.41, 5.74) is 0.374. The molecule has 1 atom stereocenters. The quantitative estimate of drug-likeness (QED) is 0.872. The Balaban J connectivity index is 2.11. The van der Waals surface area contributed by atoms with E-state index in [1.807, 2.05) is 0 Å². The lowest BCUT2D eigenvalue weighted by Crippen LogP contribution is -2.24. The Labute approximate surface area is 135 Å². The second kappa shape index (κ2) is 7.28. The molecule has 0 aliphatic heterocycles. The molecule has 1 amide bonds. The molecule has 9 heteroatoms. The first-order valence-electron chi connectivity index (χ1n) is 6.54. The number of amides is 1. The summed E-state index contributed by atoms with van der Waals surface area (Å²) in [5.74, 6) is -0.389. The Hall–Kier alpha value is -2.35. The van der Waals surface area contributed by atoms with Crippen molar-refractivity contribution >= 4 is 23.2 Å². The fourth-order valence-corrected chi connectivity index (χ4v) is 1.98. The van der Waals surface area contributed by atoms with Gasteiger partial charge in [0, 0.05) is 18.0 Å². The van der Waals surface area contributed by atoms with Crippen molar-refractivity contribution in [3.63, 3.8) is 0 Å². The van der Waals surface area contributed by atoms with Gasteiger partial charge in [0.1, 0.15) is 6.04 Å². The van der Waals surface area contributed by atoms with Crippen molar-refractivity contribution in [3.05, 3.63) is 35.6 Å². The van der Waals surface area contributed by atoms with E-state index >= 15 is 0 Å². The lowest BCUT2D eigenvalue weighted by atomic mass is 10.2. The van der Waals surface area contributed by atoms with E-state index in [-0.39, 0.29) is 17.4 Å². The summed E-state index contributed by atoms with van der Waals surface area (Å²) in [7, 11) is 1.31. The average Bonchev–Trinajstić information content (AvgIpc) is 2.93. The summed E-state index contributed by atoms with van der Waals surface area (Å²) in [5, 5.41) is 7.01. The van der Waals surface area contributed by atoms with Crippen LogP contribution >= 0.6 is 11.6 Å². The van der Waals surface area contributed by atoms with Gasteiger partial charge in [-0.2, -0.15) is 13.9 Å². The third-order valence-corrected chi connectivity index (χ3v) is 3.19. The Morgan fingerprint density at radius 1 is 1.39 bits per heavy atom. The zero-order chi connectivity index (χ0) is 17.0. The van der Waals surface area contributed by atoms with Crippen LogP contribution in [0.1, 0.15) is 13.0 Å². The molecule has 0 saturated carbocycles. The summed E-state index contributed by atoms with van der Waals surface area (Å²) in [6.45, 7) is -1.32. The highest BCUT2D eigenvalue weighted by Gasteiger charge is 2.17. The number of halogens is 3. The molecule has 2 rings (SSSR count). The van der Waals surface area contributed by atoms with E-state index in [2.05, 4.69) is 15.2 Å². The van der Waals surface area contributed by atoms with Crippen LogP contribution in [-0.4, -0.2) is 29.4 Å². The van der Waals surface area contributed by atoms with Gasteiger partial charge in [0.2, 0.25) is 5.91 Å². The molecule has 23 heavy (non-hydrogen) atoms. The maximum Gasteiger partial charge on any atom is 0.387 e. The first-order valence-corrected chi connectivity index (χ1v) is 6.92. The van der Waals surface area contributed by atoms with Gasteiger partial charge in [-0.3, -0.25) is 9.48 Å². The second-order valence-corrected chi connectivity index (χ2v) is 4.98. The number of anilines is 1. The first-order chi connectivity index (χ1) is 10.9. The minimum atomic E-state index is -2.96. The Morgan fingerprint density at radius 3 is 2.70 bits per heavy atom. The van der Waals surface area contributed by atoms with Gasteiger partial charge in [-0.15, -0.1) is 0 Å². The number of nitrogens with one attached hydrogen (secondary N) is 1. The van der Waals surface area contributed by atoms with E-state index < -0.39 is 12.7 Å². The molecule has 0 radical (unpaired) electrons. The molecule has 6 nitrogen and oxygen atoms in total. The number of hydrogen-bond acceptors (Lipinski definition) is 4. The number of ether oxygens (including phenoxy) is 2. The fraction of sp³-hybridized carbons (Fsp3) is 0.286. The number of carbonyl (C=O) groups is 1. The second-order valence-electron chi connectivity index (χ2n) is 4.55. The highest BCUT2D eigenvalue weighted by Crippen LogP contribution is 2.31. The van der Waals surface area contributed by atoms with Crippen LogP contribution in [0.4, 0.5) is 14.5 Å². The fourth-order valence-electron chi connectivity index (χ4n) is 1.83. The van der Waals surface area contributed by atoms with Crippen molar-refractivity contribution in [2.24, 2.45) is 0 Å². The average molecular weight is 346 g/mol. The van der Waals surface area contributed by atoms with Crippen LogP contribution in [0.5, 0.6) is 11.5 Å². The van der Waals surface area contributed by atoms with E-state index in [0.29, 0.717) is 10.7 Å². The van der Waals surface area contributed by atoms with Crippen molar-refractivity contribution in [1.82, 2.24) is 9.78 Å². The van der Waals surface area contributed by atoms with E-state index in [4.69, 9.17) is 16.3 Å². The maximum atomic E-state index is 12.3. The Bertz CT molecular complexity index is 694. The van der Waals surface area contributed by atoms with Gasteiger partial charge >= 0.3 is 6.61 Å². The van der Waals surface area contributed by atoms with E-state index in [0.717, 1.165) is 0 Å². The van der Waals surface area contributed by atoms with Gasteiger partial charge in [0.05, 0.1) is 18.3 Å². The molecule has 1 aromatic carbocycles. The molecule has 0 aliphatic carbocycles. The molecule has 0 bridgehead atoms. The van der Waals surface area contributed by atoms with Gasteiger partial charge < -0.3 is 14.8 Å². The van der Waals surface area contributed by atoms with Crippen LogP contribution in [0.15, 0.2) is 30.6 Å². The summed E-state index contributed by atoms with van der Waals surface area (Å²) < 4.78 is 35.2. The minimum Gasteiger partial charge on any atom is -0.493 e.